The molecule has 3 nitrogen and oxygen atoms in total. The van der Waals surface area contributed by atoms with Gasteiger partial charge in [0.2, 0.25) is 0 Å². The molecule has 0 N–H and O–H groups in total. The van der Waals surface area contributed by atoms with Gasteiger partial charge in [0, 0.05) is 11.9 Å². The highest BCUT2D eigenvalue weighted by Crippen LogP contribution is 2.41. The molecule has 1 heterocycles. The molecule has 0 aromatic carbocycles. The number of hydrogen-bond acceptors (Lipinski definition) is 3. The molecule has 0 aliphatic heterocycles. The summed E-state index contributed by atoms with van der Waals surface area (Å²) >= 11 is 1.61. The van der Waals surface area contributed by atoms with Crippen molar-refractivity contribution in [2.75, 3.05) is 14.2 Å². The number of carbonyl (C=O) groups excluding carboxylic acids is 1. The molecule has 0 unspecified atom stereocenters. The van der Waals surface area contributed by atoms with Crippen molar-refractivity contribution in [3.63, 3.8) is 0 Å². The van der Waals surface area contributed by atoms with E-state index in [2.05, 4.69) is 20.8 Å². The molecule has 4 heteroatoms. The molecule has 0 saturated carbocycles. The number of hydrogen-bond donors (Lipinski definition) is 0. The van der Waals surface area contributed by atoms with E-state index in [4.69, 9.17) is 4.84 Å². The van der Waals surface area contributed by atoms with Crippen LogP contribution in [0.3, 0.4) is 0 Å². The van der Waals surface area contributed by atoms with Crippen LogP contribution in [-0.4, -0.2) is 25.1 Å². The fraction of sp³-hybridized carbons (Fsp3) is 0.643. The summed E-state index contributed by atoms with van der Waals surface area (Å²) in [5.41, 5.74) is 3.00. The van der Waals surface area contributed by atoms with E-state index in [0.717, 1.165) is 24.1 Å². The summed E-state index contributed by atoms with van der Waals surface area (Å²) in [5.74, 6) is -0.0217. The third-order valence-corrected chi connectivity index (χ3v) is 4.96. The Morgan fingerprint density at radius 2 is 2.06 bits per heavy atom. The fourth-order valence-electron chi connectivity index (χ4n) is 2.55. The van der Waals surface area contributed by atoms with Gasteiger partial charge in [-0.05, 0) is 42.7 Å². The van der Waals surface area contributed by atoms with Gasteiger partial charge in [-0.2, -0.15) is 0 Å². The van der Waals surface area contributed by atoms with Crippen LogP contribution in [0.1, 0.15) is 45.9 Å². The Kier molecular flexibility index (Phi) is 3.52. The van der Waals surface area contributed by atoms with Gasteiger partial charge in [-0.1, -0.05) is 13.8 Å². The molecule has 18 heavy (non-hydrogen) atoms. The summed E-state index contributed by atoms with van der Waals surface area (Å²) in [5, 5.41) is 1.31. The van der Waals surface area contributed by atoms with Gasteiger partial charge in [0.15, 0.2) is 0 Å². The summed E-state index contributed by atoms with van der Waals surface area (Å²) in [6.07, 6.45) is 3.23. The number of hydroxylamine groups is 2. The lowest BCUT2D eigenvalue weighted by atomic mass is 9.74. The summed E-state index contributed by atoms with van der Waals surface area (Å²) in [6, 6.07) is 0. The first kappa shape index (κ1) is 13.6. The smallest absolute Gasteiger partial charge is 0.274 e. The summed E-state index contributed by atoms with van der Waals surface area (Å²) in [4.78, 5) is 19.4. The average Bonchev–Trinajstić information content (AvgIpc) is 2.63. The lowest BCUT2D eigenvalue weighted by Crippen LogP contribution is -2.27. The number of fused-ring (bicyclic) bond motifs is 1. The van der Waals surface area contributed by atoms with E-state index in [1.807, 2.05) is 0 Å². The second-order valence-corrected chi connectivity index (χ2v) is 7.00. The Bertz CT molecular complexity index is 476. The number of thiophene rings is 1. The molecular formula is C14H21NO2S. The number of nitrogens with zero attached hydrogens (tertiary/aromatic N) is 1. The van der Waals surface area contributed by atoms with Crippen molar-refractivity contribution < 1.29 is 9.63 Å². The standard InChI is InChI=1S/C14H21NO2S/c1-9-11-8-14(2,3)7-6-10(11)12(18-9)13(16)15(4)17-5/h6-8H2,1-5H3. The SMILES string of the molecule is CON(C)C(=O)c1sc(C)c2c1CCC(C)(C)C2. The van der Waals surface area contributed by atoms with Crippen molar-refractivity contribution in [1.29, 1.82) is 0 Å². The van der Waals surface area contributed by atoms with Crippen LogP contribution in [0.2, 0.25) is 0 Å². The third kappa shape index (κ3) is 2.31. The summed E-state index contributed by atoms with van der Waals surface area (Å²) in [7, 11) is 3.18. The zero-order valence-corrected chi connectivity index (χ0v) is 12.6. The molecule has 0 radical (unpaired) electrons. The van der Waals surface area contributed by atoms with Crippen LogP contribution < -0.4 is 0 Å². The second kappa shape index (κ2) is 4.67. The van der Waals surface area contributed by atoms with Gasteiger partial charge in [0.25, 0.3) is 5.91 Å². The predicted molar refractivity (Wildman–Crippen MR) is 74.0 cm³/mol. The van der Waals surface area contributed by atoms with E-state index in [0.29, 0.717) is 5.41 Å². The number of amides is 1. The molecule has 0 saturated heterocycles. The van der Waals surface area contributed by atoms with E-state index >= 15 is 0 Å². The highest BCUT2D eigenvalue weighted by atomic mass is 32.1. The first-order valence-electron chi connectivity index (χ1n) is 6.29. The van der Waals surface area contributed by atoms with E-state index in [-0.39, 0.29) is 5.91 Å². The minimum absolute atomic E-state index is 0.0217. The van der Waals surface area contributed by atoms with Gasteiger partial charge < -0.3 is 0 Å². The lowest BCUT2D eigenvalue weighted by molar-refractivity contribution is -0.0754. The van der Waals surface area contributed by atoms with Crippen LogP contribution >= 0.6 is 11.3 Å². The highest BCUT2D eigenvalue weighted by molar-refractivity contribution is 7.14. The monoisotopic (exact) mass is 267 g/mol. The van der Waals surface area contributed by atoms with Crippen molar-refractivity contribution in [3.05, 3.63) is 20.9 Å². The number of carbonyl (C=O) groups is 1. The molecule has 1 aliphatic carbocycles. The van der Waals surface area contributed by atoms with Crippen LogP contribution in [0, 0.1) is 12.3 Å². The molecule has 1 amide bonds. The molecule has 0 bridgehead atoms. The van der Waals surface area contributed by atoms with Gasteiger partial charge >= 0.3 is 0 Å². The molecule has 100 valence electrons. The Hall–Kier alpha value is -0.870. The lowest BCUT2D eigenvalue weighted by Gasteiger charge is -2.30. The fourth-order valence-corrected chi connectivity index (χ4v) is 3.74. The quantitative estimate of drug-likeness (QED) is 0.770. The van der Waals surface area contributed by atoms with Gasteiger partial charge in [-0.15, -0.1) is 11.3 Å². The van der Waals surface area contributed by atoms with Gasteiger partial charge in [0.05, 0.1) is 12.0 Å². The van der Waals surface area contributed by atoms with Gasteiger partial charge in [-0.25, -0.2) is 5.06 Å². The van der Waals surface area contributed by atoms with Crippen molar-refractivity contribution >= 4 is 17.2 Å². The van der Waals surface area contributed by atoms with Crippen molar-refractivity contribution in [3.8, 4) is 0 Å². The average molecular weight is 267 g/mol. The van der Waals surface area contributed by atoms with E-state index < -0.39 is 0 Å². The first-order valence-corrected chi connectivity index (χ1v) is 7.10. The first-order chi connectivity index (χ1) is 8.35. The second-order valence-electron chi connectivity index (χ2n) is 5.77. The number of aryl methyl sites for hydroxylation is 1. The summed E-state index contributed by atoms with van der Waals surface area (Å²) < 4.78 is 0. The minimum atomic E-state index is -0.0217. The van der Waals surface area contributed by atoms with Crippen LogP contribution in [-0.2, 0) is 17.7 Å². The third-order valence-electron chi connectivity index (χ3n) is 3.78. The maximum atomic E-state index is 12.2. The molecule has 1 aromatic heterocycles. The van der Waals surface area contributed by atoms with Crippen LogP contribution in [0.15, 0.2) is 0 Å². The topological polar surface area (TPSA) is 29.5 Å². The molecule has 0 atom stereocenters. The maximum absolute atomic E-state index is 12.2. The Morgan fingerprint density at radius 1 is 1.39 bits per heavy atom. The summed E-state index contributed by atoms with van der Waals surface area (Å²) in [6.45, 7) is 6.72. The predicted octanol–water partition coefficient (Wildman–Crippen LogP) is 3.20. The Morgan fingerprint density at radius 3 is 2.67 bits per heavy atom. The van der Waals surface area contributed by atoms with Crippen LogP contribution in [0.4, 0.5) is 0 Å². The molecule has 1 aliphatic rings. The zero-order chi connectivity index (χ0) is 13.5. The largest absolute Gasteiger partial charge is 0.287 e. The highest BCUT2D eigenvalue weighted by Gasteiger charge is 2.32. The molecule has 2 rings (SSSR count). The van der Waals surface area contributed by atoms with Crippen molar-refractivity contribution in [2.45, 2.75) is 40.0 Å². The number of rotatable bonds is 2. The Labute approximate surface area is 113 Å². The van der Waals surface area contributed by atoms with Crippen LogP contribution in [0.5, 0.6) is 0 Å². The van der Waals surface area contributed by atoms with Crippen LogP contribution in [0.25, 0.3) is 0 Å². The van der Waals surface area contributed by atoms with E-state index in [1.165, 1.54) is 28.2 Å². The van der Waals surface area contributed by atoms with Crippen molar-refractivity contribution in [2.24, 2.45) is 5.41 Å². The Balaban J connectivity index is 2.39. The normalized spacial score (nSPS) is 17.4. The molecule has 0 fully saturated rings. The molecular weight excluding hydrogens is 246 g/mol. The molecule has 0 spiro atoms. The minimum Gasteiger partial charge on any atom is -0.274 e. The van der Waals surface area contributed by atoms with E-state index in [9.17, 15) is 4.79 Å². The van der Waals surface area contributed by atoms with Gasteiger partial charge in [0.1, 0.15) is 0 Å². The van der Waals surface area contributed by atoms with Gasteiger partial charge in [-0.3, -0.25) is 9.63 Å². The zero-order valence-electron chi connectivity index (χ0n) is 11.8. The van der Waals surface area contributed by atoms with Crippen molar-refractivity contribution in [1.82, 2.24) is 5.06 Å². The maximum Gasteiger partial charge on any atom is 0.287 e. The molecule has 1 aromatic rings. The van der Waals surface area contributed by atoms with E-state index in [1.54, 1.807) is 18.4 Å².